The Morgan fingerprint density at radius 3 is 2.50 bits per heavy atom. The number of rotatable bonds is 5. The van der Waals surface area contributed by atoms with Crippen molar-refractivity contribution in [2.45, 2.75) is 32.7 Å². The Morgan fingerprint density at radius 1 is 1.14 bits per heavy atom. The van der Waals surface area contributed by atoms with E-state index >= 15 is 0 Å². The highest BCUT2D eigenvalue weighted by Gasteiger charge is 2.31. The fourth-order valence-corrected chi connectivity index (χ4v) is 5.55. The Balaban J connectivity index is 1.77. The summed E-state index contributed by atoms with van der Waals surface area (Å²) in [5, 5.41) is 5.96. The maximum absolute atomic E-state index is 13.6. The van der Waals surface area contributed by atoms with E-state index in [9.17, 15) is 9.18 Å². The number of halogens is 1. The standard InChI is InChI=1S/C22H23FN2OS2/c1-14-15(2)28-22(24-21(26)18-6-5-13-27-18)19(14)20(25-11-3-4-12-25)16-7-9-17(23)10-8-16/h5-10,13,20H,3-4,11-12H2,1-2H3,(H,24,26). The van der Waals surface area contributed by atoms with Crippen molar-refractivity contribution in [3.63, 3.8) is 0 Å². The van der Waals surface area contributed by atoms with Gasteiger partial charge in [0.25, 0.3) is 5.91 Å². The molecule has 1 N–H and O–H groups in total. The molecule has 1 amide bonds. The zero-order chi connectivity index (χ0) is 19.7. The number of amides is 1. The largest absolute Gasteiger partial charge is 0.313 e. The molecule has 28 heavy (non-hydrogen) atoms. The maximum Gasteiger partial charge on any atom is 0.266 e. The van der Waals surface area contributed by atoms with Gasteiger partial charge >= 0.3 is 0 Å². The number of hydrogen-bond acceptors (Lipinski definition) is 4. The van der Waals surface area contributed by atoms with Crippen molar-refractivity contribution >= 4 is 33.6 Å². The number of anilines is 1. The number of nitrogens with zero attached hydrogens (tertiary/aromatic N) is 1. The normalized spacial score (nSPS) is 15.7. The lowest BCUT2D eigenvalue weighted by atomic mass is 9.95. The molecule has 1 aromatic carbocycles. The first-order valence-electron chi connectivity index (χ1n) is 9.49. The van der Waals surface area contributed by atoms with Crippen LogP contribution in [0.3, 0.4) is 0 Å². The number of carbonyl (C=O) groups excluding carboxylic acids is 1. The van der Waals surface area contributed by atoms with Crippen LogP contribution in [0.25, 0.3) is 0 Å². The molecule has 3 heterocycles. The fraction of sp³-hybridized carbons (Fsp3) is 0.318. The van der Waals surface area contributed by atoms with Crippen molar-refractivity contribution in [3.8, 4) is 0 Å². The predicted octanol–water partition coefficient (Wildman–Crippen LogP) is 6.00. The summed E-state index contributed by atoms with van der Waals surface area (Å²) in [4.78, 5) is 17.1. The number of likely N-dealkylation sites (tertiary alicyclic amines) is 1. The van der Waals surface area contributed by atoms with Gasteiger partial charge in [0.05, 0.1) is 10.9 Å². The average molecular weight is 415 g/mol. The van der Waals surface area contributed by atoms with Crippen LogP contribution in [0.1, 0.15) is 50.1 Å². The molecule has 1 aliphatic heterocycles. The van der Waals surface area contributed by atoms with Crippen LogP contribution in [0.15, 0.2) is 41.8 Å². The molecule has 1 aliphatic rings. The minimum Gasteiger partial charge on any atom is -0.313 e. The van der Waals surface area contributed by atoms with Gasteiger partial charge in [0.1, 0.15) is 10.8 Å². The minimum atomic E-state index is -0.228. The second kappa shape index (κ2) is 8.15. The molecule has 0 aliphatic carbocycles. The molecule has 1 atom stereocenters. The van der Waals surface area contributed by atoms with E-state index < -0.39 is 0 Å². The quantitative estimate of drug-likeness (QED) is 0.555. The zero-order valence-corrected chi connectivity index (χ0v) is 17.6. The summed E-state index contributed by atoms with van der Waals surface area (Å²) < 4.78 is 13.6. The van der Waals surface area contributed by atoms with Crippen molar-refractivity contribution in [1.82, 2.24) is 4.90 Å². The van der Waals surface area contributed by atoms with Crippen molar-refractivity contribution < 1.29 is 9.18 Å². The molecule has 146 valence electrons. The molecule has 1 unspecified atom stereocenters. The fourth-order valence-electron chi connectivity index (χ4n) is 3.84. The molecule has 0 spiro atoms. The van der Waals surface area contributed by atoms with Crippen molar-refractivity contribution in [2.75, 3.05) is 18.4 Å². The molecule has 0 radical (unpaired) electrons. The van der Waals surface area contributed by atoms with Crippen molar-refractivity contribution in [3.05, 3.63) is 74.0 Å². The average Bonchev–Trinajstić information content (AvgIpc) is 3.43. The van der Waals surface area contributed by atoms with E-state index in [-0.39, 0.29) is 17.8 Å². The minimum absolute atomic E-state index is 0.0201. The van der Waals surface area contributed by atoms with Gasteiger partial charge in [0.2, 0.25) is 0 Å². The van der Waals surface area contributed by atoms with Gasteiger partial charge in [-0.2, -0.15) is 0 Å². The van der Waals surface area contributed by atoms with Crippen molar-refractivity contribution in [1.29, 1.82) is 0 Å². The van der Waals surface area contributed by atoms with Gasteiger partial charge in [-0.25, -0.2) is 4.39 Å². The third-order valence-corrected chi connectivity index (χ3v) is 7.38. The highest BCUT2D eigenvalue weighted by molar-refractivity contribution is 7.17. The van der Waals surface area contributed by atoms with Crippen LogP contribution < -0.4 is 5.32 Å². The van der Waals surface area contributed by atoms with Crippen LogP contribution in [0.5, 0.6) is 0 Å². The Labute approximate surface area is 172 Å². The molecule has 2 aromatic heterocycles. The van der Waals surface area contributed by atoms with Gasteiger partial charge < -0.3 is 5.32 Å². The van der Waals surface area contributed by atoms with E-state index in [1.807, 2.05) is 29.6 Å². The van der Waals surface area contributed by atoms with Crippen LogP contribution in [-0.4, -0.2) is 23.9 Å². The molecule has 3 nitrogen and oxygen atoms in total. The Morgan fingerprint density at radius 2 is 1.86 bits per heavy atom. The lowest BCUT2D eigenvalue weighted by molar-refractivity contribution is 0.103. The summed E-state index contributed by atoms with van der Waals surface area (Å²) in [6, 6.07) is 10.5. The molecule has 0 saturated carbocycles. The van der Waals surface area contributed by atoms with E-state index in [2.05, 4.69) is 24.1 Å². The highest BCUT2D eigenvalue weighted by Crippen LogP contribution is 2.43. The summed E-state index contributed by atoms with van der Waals surface area (Å²) in [6.07, 6.45) is 2.33. The second-order valence-corrected chi connectivity index (χ2v) is 9.33. The number of benzene rings is 1. The Kier molecular flexibility index (Phi) is 5.62. The van der Waals surface area contributed by atoms with Gasteiger partial charge in [-0.05, 0) is 74.5 Å². The summed E-state index contributed by atoms with van der Waals surface area (Å²) >= 11 is 3.06. The van der Waals surface area contributed by atoms with Gasteiger partial charge in [-0.15, -0.1) is 22.7 Å². The molecule has 3 aromatic rings. The van der Waals surface area contributed by atoms with Gasteiger partial charge in [-0.3, -0.25) is 9.69 Å². The van der Waals surface area contributed by atoms with Crippen LogP contribution in [0.4, 0.5) is 9.39 Å². The van der Waals surface area contributed by atoms with Crippen LogP contribution >= 0.6 is 22.7 Å². The SMILES string of the molecule is Cc1sc(NC(=O)c2cccs2)c(C(c2ccc(F)cc2)N2CCCC2)c1C. The zero-order valence-electron chi connectivity index (χ0n) is 16.0. The summed E-state index contributed by atoms with van der Waals surface area (Å²) in [5.74, 6) is -0.301. The number of hydrogen-bond donors (Lipinski definition) is 1. The maximum atomic E-state index is 13.6. The topological polar surface area (TPSA) is 32.3 Å². The monoisotopic (exact) mass is 414 g/mol. The summed E-state index contributed by atoms with van der Waals surface area (Å²) in [5.41, 5.74) is 3.41. The van der Waals surface area contributed by atoms with Crippen LogP contribution in [0.2, 0.25) is 0 Å². The first-order chi connectivity index (χ1) is 13.5. The molecule has 6 heteroatoms. The van der Waals surface area contributed by atoms with E-state index in [0.29, 0.717) is 4.88 Å². The molecular formula is C22H23FN2OS2. The van der Waals surface area contributed by atoms with Gasteiger partial charge in [-0.1, -0.05) is 18.2 Å². The van der Waals surface area contributed by atoms with Gasteiger partial charge in [0.15, 0.2) is 0 Å². The molecule has 0 bridgehead atoms. The first-order valence-corrected chi connectivity index (χ1v) is 11.2. The van der Waals surface area contributed by atoms with E-state index in [1.54, 1.807) is 11.3 Å². The molecular weight excluding hydrogens is 391 g/mol. The van der Waals surface area contributed by atoms with E-state index in [1.165, 1.54) is 33.9 Å². The van der Waals surface area contributed by atoms with E-state index in [4.69, 9.17) is 0 Å². The Hall–Kier alpha value is -2.02. The molecule has 1 saturated heterocycles. The summed E-state index contributed by atoms with van der Waals surface area (Å²) in [6.45, 7) is 6.23. The molecule has 1 fully saturated rings. The van der Waals surface area contributed by atoms with Crippen LogP contribution in [0, 0.1) is 19.7 Å². The highest BCUT2D eigenvalue weighted by atomic mass is 32.1. The third-order valence-electron chi connectivity index (χ3n) is 5.37. The number of thiophene rings is 2. The predicted molar refractivity (Wildman–Crippen MR) is 115 cm³/mol. The smallest absolute Gasteiger partial charge is 0.266 e. The van der Waals surface area contributed by atoms with Crippen molar-refractivity contribution in [2.24, 2.45) is 0 Å². The number of nitrogens with one attached hydrogen (secondary N) is 1. The lowest BCUT2D eigenvalue weighted by Crippen LogP contribution is -2.27. The van der Waals surface area contributed by atoms with E-state index in [0.717, 1.165) is 42.1 Å². The first kappa shape index (κ1) is 19.3. The van der Waals surface area contributed by atoms with Gasteiger partial charge in [0, 0.05) is 10.4 Å². The summed E-state index contributed by atoms with van der Waals surface area (Å²) in [7, 11) is 0. The Bertz CT molecular complexity index is 957. The third kappa shape index (κ3) is 3.77. The molecule has 4 rings (SSSR count). The number of carbonyl (C=O) groups is 1. The number of aryl methyl sites for hydroxylation is 1. The van der Waals surface area contributed by atoms with Crippen LogP contribution in [-0.2, 0) is 0 Å². The lowest BCUT2D eigenvalue weighted by Gasteiger charge is -2.29. The second-order valence-electron chi connectivity index (χ2n) is 7.15.